The Balaban J connectivity index is 3.00. The summed E-state index contributed by atoms with van der Waals surface area (Å²) in [6.07, 6.45) is -7.39. The first-order valence-corrected chi connectivity index (χ1v) is 3.45. The summed E-state index contributed by atoms with van der Waals surface area (Å²) in [4.78, 5) is 19.6. The highest BCUT2D eigenvalue weighted by Crippen LogP contribution is 2.22. The zero-order chi connectivity index (χ0) is 11.8. The molecule has 1 atom stereocenters. The molecule has 10 heteroatoms. The fourth-order valence-electron chi connectivity index (χ4n) is 0.881. The van der Waals surface area contributed by atoms with Gasteiger partial charge in [0.1, 0.15) is 0 Å². The first-order chi connectivity index (χ1) is 6.73. The Morgan fingerprint density at radius 1 is 1.40 bits per heavy atom. The number of carbonyl (C=O) groups is 1. The van der Waals surface area contributed by atoms with Gasteiger partial charge in [-0.1, -0.05) is 0 Å². The minimum atomic E-state index is -4.86. The lowest BCUT2D eigenvalue weighted by Gasteiger charge is -2.25. The van der Waals surface area contributed by atoms with Crippen molar-refractivity contribution in [1.29, 1.82) is 0 Å². The average molecular weight is 227 g/mol. The standard InChI is InChI=1S/C5H4F3N3O4/c6-5(7,8)4-9-2(12)1(11(14)15)3(13)10-4/h4,9,12H,(H,10,13)/t4-/m1/s1. The van der Waals surface area contributed by atoms with Crippen molar-refractivity contribution in [3.8, 4) is 0 Å². The Kier molecular flexibility index (Phi) is 2.43. The highest BCUT2D eigenvalue weighted by molar-refractivity contribution is 5.92. The van der Waals surface area contributed by atoms with Crippen molar-refractivity contribution in [2.24, 2.45) is 0 Å². The first kappa shape index (κ1) is 11.1. The molecule has 1 aliphatic rings. The van der Waals surface area contributed by atoms with Crippen LogP contribution in [0.1, 0.15) is 0 Å². The van der Waals surface area contributed by atoms with E-state index in [2.05, 4.69) is 0 Å². The molecule has 0 aromatic rings. The molecule has 0 radical (unpaired) electrons. The van der Waals surface area contributed by atoms with Crippen LogP contribution < -0.4 is 10.6 Å². The molecule has 1 amide bonds. The van der Waals surface area contributed by atoms with Crippen molar-refractivity contribution in [2.45, 2.75) is 12.3 Å². The molecule has 3 N–H and O–H groups in total. The molecular weight excluding hydrogens is 223 g/mol. The number of nitrogens with one attached hydrogen (secondary N) is 2. The van der Waals surface area contributed by atoms with E-state index in [0.29, 0.717) is 0 Å². The van der Waals surface area contributed by atoms with Crippen LogP contribution in [0.3, 0.4) is 0 Å². The Labute approximate surface area is 79.7 Å². The van der Waals surface area contributed by atoms with Gasteiger partial charge in [0.25, 0.3) is 5.88 Å². The summed E-state index contributed by atoms with van der Waals surface area (Å²) in [6.45, 7) is 0. The van der Waals surface area contributed by atoms with E-state index in [1.807, 2.05) is 0 Å². The van der Waals surface area contributed by atoms with Gasteiger partial charge in [-0.3, -0.25) is 14.9 Å². The smallest absolute Gasteiger partial charge is 0.427 e. The lowest BCUT2D eigenvalue weighted by Crippen LogP contribution is -2.58. The molecule has 0 aliphatic carbocycles. The van der Waals surface area contributed by atoms with E-state index in [1.54, 1.807) is 0 Å². The van der Waals surface area contributed by atoms with Crippen molar-refractivity contribution in [3.05, 3.63) is 21.7 Å². The molecule has 0 unspecified atom stereocenters. The number of hydrogen-bond donors (Lipinski definition) is 3. The van der Waals surface area contributed by atoms with E-state index in [1.165, 1.54) is 10.6 Å². The molecule has 0 fully saturated rings. The molecule has 7 nitrogen and oxygen atoms in total. The van der Waals surface area contributed by atoms with E-state index >= 15 is 0 Å². The maximum atomic E-state index is 12.0. The SMILES string of the molecule is O=C1N[C@H](C(F)(F)F)NC(O)=C1[N+](=O)[O-]. The fraction of sp³-hybridized carbons (Fsp3) is 0.400. The van der Waals surface area contributed by atoms with E-state index < -0.39 is 34.8 Å². The monoisotopic (exact) mass is 227 g/mol. The molecule has 0 saturated heterocycles. The zero-order valence-corrected chi connectivity index (χ0v) is 6.83. The minimum absolute atomic E-state index is 1.28. The third-order valence-electron chi connectivity index (χ3n) is 1.51. The molecule has 0 spiro atoms. The first-order valence-electron chi connectivity index (χ1n) is 3.45. The number of amides is 1. The average Bonchev–Trinajstić information content (AvgIpc) is 1.99. The van der Waals surface area contributed by atoms with Crippen LogP contribution in [0.25, 0.3) is 0 Å². The van der Waals surface area contributed by atoms with Crippen molar-refractivity contribution in [2.75, 3.05) is 0 Å². The normalized spacial score (nSPS) is 22.1. The molecular formula is C5H4F3N3O4. The predicted molar refractivity (Wildman–Crippen MR) is 37.8 cm³/mol. The number of nitro groups is 1. The number of carbonyl (C=O) groups excluding carboxylic acids is 1. The van der Waals surface area contributed by atoms with Gasteiger partial charge in [0, 0.05) is 0 Å². The third kappa shape index (κ3) is 2.08. The molecule has 0 aromatic heterocycles. The number of halogens is 3. The number of nitrogens with zero attached hydrogens (tertiary/aromatic N) is 1. The Morgan fingerprint density at radius 2 is 1.93 bits per heavy atom. The summed E-state index contributed by atoms with van der Waals surface area (Å²) in [5, 5.41) is 21.6. The van der Waals surface area contributed by atoms with Gasteiger partial charge in [0.05, 0.1) is 4.92 Å². The van der Waals surface area contributed by atoms with E-state index in [4.69, 9.17) is 5.11 Å². The number of alkyl halides is 3. The quantitative estimate of drug-likeness (QED) is 0.417. The Bertz CT molecular complexity index is 350. The van der Waals surface area contributed by atoms with E-state index in [-0.39, 0.29) is 0 Å². The van der Waals surface area contributed by atoms with Gasteiger partial charge in [-0.25, -0.2) is 0 Å². The lowest BCUT2D eigenvalue weighted by molar-refractivity contribution is -0.423. The molecule has 84 valence electrons. The summed E-state index contributed by atoms with van der Waals surface area (Å²) in [5.74, 6) is -3.01. The summed E-state index contributed by atoms with van der Waals surface area (Å²) in [7, 11) is 0. The topological polar surface area (TPSA) is 104 Å². The molecule has 0 aromatic carbocycles. The van der Waals surface area contributed by atoms with Gasteiger partial charge in [-0.15, -0.1) is 0 Å². The second-order valence-electron chi connectivity index (χ2n) is 2.55. The summed E-state index contributed by atoms with van der Waals surface area (Å²) < 4.78 is 36.1. The second-order valence-corrected chi connectivity index (χ2v) is 2.55. The van der Waals surface area contributed by atoms with Crippen molar-refractivity contribution in [3.63, 3.8) is 0 Å². The largest absolute Gasteiger partial charge is 0.490 e. The summed E-state index contributed by atoms with van der Waals surface area (Å²) in [6, 6.07) is 0. The van der Waals surface area contributed by atoms with Crippen LogP contribution in [0.15, 0.2) is 11.6 Å². The maximum Gasteiger partial charge on any atom is 0.427 e. The predicted octanol–water partition coefficient (Wildman–Crippen LogP) is -0.402. The van der Waals surface area contributed by atoms with Gasteiger partial charge in [-0.05, 0) is 0 Å². The van der Waals surface area contributed by atoms with E-state index in [0.717, 1.165) is 0 Å². The van der Waals surface area contributed by atoms with Crippen LogP contribution in [-0.2, 0) is 4.79 Å². The Morgan fingerprint density at radius 3 is 2.27 bits per heavy atom. The van der Waals surface area contributed by atoms with Crippen molar-refractivity contribution in [1.82, 2.24) is 10.6 Å². The Hall–Kier alpha value is -2.00. The molecule has 1 aliphatic heterocycles. The zero-order valence-electron chi connectivity index (χ0n) is 6.83. The van der Waals surface area contributed by atoms with Gasteiger partial charge in [0.15, 0.2) is 0 Å². The minimum Gasteiger partial charge on any atom is -0.490 e. The van der Waals surface area contributed by atoms with Crippen LogP contribution >= 0.6 is 0 Å². The van der Waals surface area contributed by atoms with Crippen LogP contribution in [-0.4, -0.2) is 28.3 Å². The summed E-state index contributed by atoms with van der Waals surface area (Å²) in [5.41, 5.74) is -1.35. The van der Waals surface area contributed by atoms with Crippen molar-refractivity contribution < 1.29 is 28.0 Å². The third-order valence-corrected chi connectivity index (χ3v) is 1.51. The fourth-order valence-corrected chi connectivity index (χ4v) is 0.881. The van der Waals surface area contributed by atoms with Gasteiger partial charge < -0.3 is 15.7 Å². The highest BCUT2D eigenvalue weighted by atomic mass is 19.4. The van der Waals surface area contributed by atoms with Crippen LogP contribution in [0.4, 0.5) is 13.2 Å². The molecule has 0 saturated carbocycles. The molecule has 1 heterocycles. The van der Waals surface area contributed by atoms with E-state index in [9.17, 15) is 28.1 Å². The molecule has 15 heavy (non-hydrogen) atoms. The maximum absolute atomic E-state index is 12.0. The molecule has 0 bridgehead atoms. The van der Waals surface area contributed by atoms with Gasteiger partial charge >= 0.3 is 17.8 Å². The van der Waals surface area contributed by atoms with Crippen LogP contribution in [0.2, 0.25) is 0 Å². The van der Waals surface area contributed by atoms with Gasteiger partial charge in [-0.2, -0.15) is 13.2 Å². The second kappa shape index (κ2) is 3.29. The van der Waals surface area contributed by atoms with Crippen LogP contribution in [0, 0.1) is 10.1 Å². The van der Waals surface area contributed by atoms with Crippen molar-refractivity contribution >= 4 is 5.91 Å². The number of aliphatic hydroxyl groups excluding tert-OH is 1. The number of hydrogen-bond acceptors (Lipinski definition) is 5. The molecule has 1 rings (SSSR count). The van der Waals surface area contributed by atoms with Crippen LogP contribution in [0.5, 0.6) is 0 Å². The van der Waals surface area contributed by atoms with Gasteiger partial charge in [0.2, 0.25) is 6.17 Å². The summed E-state index contributed by atoms with van der Waals surface area (Å²) >= 11 is 0. The highest BCUT2D eigenvalue weighted by Gasteiger charge is 2.47. The number of aliphatic hydroxyl groups is 1. The lowest BCUT2D eigenvalue weighted by atomic mass is 10.3. The number of rotatable bonds is 1.